The molecule has 3 amide bonds. The minimum absolute atomic E-state index is 0.0261. The van der Waals surface area contributed by atoms with E-state index in [1.165, 1.54) is 17.2 Å². The second-order valence-corrected chi connectivity index (χ2v) is 9.91. The number of amides is 3. The standard InChI is InChI=1S/C28H40N8O5.C2H6/c1-35(2)13-5-9-25(38)36(3)19-24(37)30-12-6-14-41-22-8-4-7-21(17-22)33-28-26(27(29)39)31-18-23(34-28)32-20-10-15-40-16-11-20;1-2/h4-5,7-9,17-18,20H,6,10-16,19H2,1-3H3,(H2,29,39)(H,30,37)(H2,32,33,34);1-2H3/b9-5+;. The minimum Gasteiger partial charge on any atom is -0.493 e. The van der Waals surface area contributed by atoms with Gasteiger partial charge in [-0.25, -0.2) is 9.97 Å². The minimum atomic E-state index is -0.691. The maximum Gasteiger partial charge on any atom is 0.271 e. The monoisotopic (exact) mass is 598 g/mol. The molecule has 0 spiro atoms. The number of benzene rings is 1. The first-order valence-electron chi connectivity index (χ1n) is 14.6. The van der Waals surface area contributed by atoms with E-state index in [-0.39, 0.29) is 35.9 Å². The van der Waals surface area contributed by atoms with Crippen molar-refractivity contribution in [1.82, 2.24) is 25.1 Å². The Morgan fingerprint density at radius 1 is 1.16 bits per heavy atom. The molecule has 1 aliphatic rings. The van der Waals surface area contributed by atoms with Gasteiger partial charge in [-0.15, -0.1) is 0 Å². The molecule has 0 aliphatic carbocycles. The first-order valence-corrected chi connectivity index (χ1v) is 14.6. The number of anilines is 3. The lowest BCUT2D eigenvalue weighted by atomic mass is 10.1. The maximum atomic E-state index is 12.2. The third-order valence-corrected chi connectivity index (χ3v) is 6.08. The quantitative estimate of drug-likeness (QED) is 0.177. The Bertz CT molecular complexity index is 1200. The van der Waals surface area contributed by atoms with E-state index in [1.54, 1.807) is 31.3 Å². The van der Waals surface area contributed by atoms with Gasteiger partial charge in [0.25, 0.3) is 5.91 Å². The van der Waals surface area contributed by atoms with E-state index < -0.39 is 5.91 Å². The Kier molecular flexibility index (Phi) is 15.5. The van der Waals surface area contributed by atoms with Crippen molar-refractivity contribution in [3.8, 4) is 5.75 Å². The Morgan fingerprint density at radius 2 is 1.91 bits per heavy atom. The molecule has 0 bridgehead atoms. The molecule has 1 aromatic carbocycles. The van der Waals surface area contributed by atoms with Crippen molar-refractivity contribution >= 4 is 35.0 Å². The van der Waals surface area contributed by atoms with Crippen molar-refractivity contribution in [3.63, 3.8) is 0 Å². The summed E-state index contributed by atoms with van der Waals surface area (Å²) in [5.74, 6) is 0.217. The van der Waals surface area contributed by atoms with Crippen LogP contribution in [0.4, 0.5) is 17.3 Å². The Labute approximate surface area is 254 Å². The third kappa shape index (κ3) is 13.1. The molecule has 0 atom stereocenters. The van der Waals surface area contributed by atoms with Gasteiger partial charge in [-0.05, 0) is 45.5 Å². The average Bonchev–Trinajstić information content (AvgIpc) is 2.98. The summed E-state index contributed by atoms with van der Waals surface area (Å²) in [6.07, 6.45) is 7.00. The van der Waals surface area contributed by atoms with E-state index in [9.17, 15) is 14.4 Å². The highest BCUT2D eigenvalue weighted by Crippen LogP contribution is 2.24. The predicted octanol–water partition coefficient (Wildman–Crippen LogP) is 2.40. The second kappa shape index (κ2) is 19.1. The van der Waals surface area contributed by atoms with E-state index >= 15 is 0 Å². The maximum absolute atomic E-state index is 12.2. The first-order chi connectivity index (χ1) is 20.7. The average molecular weight is 599 g/mol. The summed E-state index contributed by atoms with van der Waals surface area (Å²) < 4.78 is 11.2. The summed E-state index contributed by atoms with van der Waals surface area (Å²) in [7, 11) is 5.40. The summed E-state index contributed by atoms with van der Waals surface area (Å²) in [6, 6.07) is 7.41. The fourth-order valence-corrected chi connectivity index (χ4v) is 3.91. The van der Waals surface area contributed by atoms with Gasteiger partial charge in [-0.2, -0.15) is 0 Å². The Balaban J connectivity index is 0.00000316. The molecule has 5 N–H and O–H groups in total. The number of carbonyl (C=O) groups excluding carboxylic acids is 3. The number of likely N-dealkylation sites (N-methyl/N-ethyl adjacent to an activating group) is 2. The van der Waals surface area contributed by atoms with Crippen LogP contribution in [0, 0.1) is 0 Å². The molecule has 0 unspecified atom stereocenters. The van der Waals surface area contributed by atoms with E-state index in [0.29, 0.717) is 56.6 Å². The molecule has 236 valence electrons. The largest absolute Gasteiger partial charge is 0.493 e. The molecule has 13 heteroatoms. The van der Waals surface area contributed by atoms with Crippen LogP contribution >= 0.6 is 0 Å². The number of aromatic nitrogens is 2. The third-order valence-electron chi connectivity index (χ3n) is 6.08. The first kappa shape index (κ1) is 35.0. The summed E-state index contributed by atoms with van der Waals surface area (Å²) in [6.45, 7) is 6.75. The highest BCUT2D eigenvalue weighted by Gasteiger charge is 2.17. The molecule has 43 heavy (non-hydrogen) atoms. The van der Waals surface area contributed by atoms with Gasteiger partial charge in [-0.1, -0.05) is 26.0 Å². The number of carbonyl (C=O) groups is 3. The molecule has 13 nitrogen and oxygen atoms in total. The van der Waals surface area contributed by atoms with Crippen molar-refractivity contribution < 1.29 is 23.9 Å². The molecular formula is C30H46N8O5. The lowest BCUT2D eigenvalue weighted by Gasteiger charge is -2.23. The lowest BCUT2D eigenvalue weighted by Crippen LogP contribution is -2.38. The van der Waals surface area contributed by atoms with Gasteiger partial charge in [0.05, 0.1) is 19.3 Å². The van der Waals surface area contributed by atoms with Crippen LogP contribution in [0.1, 0.15) is 43.6 Å². The molecular weight excluding hydrogens is 552 g/mol. The van der Waals surface area contributed by atoms with Gasteiger partial charge in [0.2, 0.25) is 11.8 Å². The molecule has 1 fully saturated rings. The molecule has 2 aromatic rings. The van der Waals surface area contributed by atoms with Crippen LogP contribution in [0.5, 0.6) is 5.75 Å². The van der Waals surface area contributed by atoms with Gasteiger partial charge >= 0.3 is 0 Å². The van der Waals surface area contributed by atoms with E-state index in [4.69, 9.17) is 15.2 Å². The number of ether oxygens (including phenoxy) is 2. The van der Waals surface area contributed by atoms with Crippen LogP contribution in [0.2, 0.25) is 0 Å². The normalized spacial score (nSPS) is 13.2. The highest BCUT2D eigenvalue weighted by atomic mass is 16.5. The summed E-state index contributed by atoms with van der Waals surface area (Å²) in [4.78, 5) is 48.2. The fraction of sp³-hybridized carbons (Fsp3) is 0.500. The van der Waals surface area contributed by atoms with Gasteiger partial charge in [-0.3, -0.25) is 14.4 Å². The predicted molar refractivity (Wildman–Crippen MR) is 168 cm³/mol. The smallest absolute Gasteiger partial charge is 0.271 e. The van der Waals surface area contributed by atoms with E-state index in [0.717, 1.165) is 12.8 Å². The summed E-state index contributed by atoms with van der Waals surface area (Å²) >= 11 is 0. The number of nitrogens with one attached hydrogen (secondary N) is 3. The second-order valence-electron chi connectivity index (χ2n) is 9.91. The molecule has 1 aliphatic heterocycles. The molecule has 2 heterocycles. The van der Waals surface area contributed by atoms with Crippen LogP contribution in [0.3, 0.4) is 0 Å². The topological polar surface area (TPSA) is 164 Å². The number of primary amides is 1. The Morgan fingerprint density at radius 3 is 2.60 bits per heavy atom. The van der Waals surface area contributed by atoms with Crippen molar-refractivity contribution in [3.05, 3.63) is 48.3 Å². The molecule has 0 radical (unpaired) electrons. The van der Waals surface area contributed by atoms with Crippen LogP contribution in [-0.4, -0.2) is 104 Å². The Hall–Kier alpha value is -4.23. The summed E-state index contributed by atoms with van der Waals surface area (Å²) in [5.41, 5.74) is 6.19. The molecule has 3 rings (SSSR count). The number of hydrogen-bond acceptors (Lipinski definition) is 10. The molecule has 1 aromatic heterocycles. The molecule has 0 saturated carbocycles. The van der Waals surface area contributed by atoms with Gasteiger partial charge < -0.3 is 41.0 Å². The van der Waals surface area contributed by atoms with Gasteiger partial charge in [0.1, 0.15) is 11.6 Å². The van der Waals surface area contributed by atoms with Crippen molar-refractivity contribution in [2.75, 3.05) is 71.2 Å². The SMILES string of the molecule is CC.CN(C)C/C=C/C(=O)N(C)CC(=O)NCCCOc1cccc(Nc2nc(NC3CCOCC3)cnc2C(N)=O)c1. The van der Waals surface area contributed by atoms with Crippen LogP contribution in [0.15, 0.2) is 42.6 Å². The highest BCUT2D eigenvalue weighted by molar-refractivity contribution is 5.96. The van der Waals surface area contributed by atoms with Crippen molar-refractivity contribution in [1.29, 1.82) is 0 Å². The molecule has 1 saturated heterocycles. The van der Waals surface area contributed by atoms with Crippen LogP contribution < -0.4 is 26.4 Å². The van der Waals surface area contributed by atoms with E-state index in [2.05, 4.69) is 25.9 Å². The van der Waals surface area contributed by atoms with Crippen LogP contribution in [0.25, 0.3) is 0 Å². The number of rotatable bonds is 15. The zero-order valence-electron chi connectivity index (χ0n) is 25.9. The van der Waals surface area contributed by atoms with Crippen LogP contribution in [-0.2, 0) is 14.3 Å². The van der Waals surface area contributed by atoms with Crippen molar-refractivity contribution in [2.24, 2.45) is 5.73 Å². The summed E-state index contributed by atoms with van der Waals surface area (Å²) in [5, 5.41) is 9.25. The van der Waals surface area contributed by atoms with Crippen molar-refractivity contribution in [2.45, 2.75) is 39.2 Å². The number of nitrogens with two attached hydrogens (primary N) is 1. The zero-order chi connectivity index (χ0) is 31.6. The lowest BCUT2D eigenvalue weighted by molar-refractivity contribution is -0.131. The zero-order valence-corrected chi connectivity index (χ0v) is 25.9. The number of hydrogen-bond donors (Lipinski definition) is 4. The van der Waals surface area contributed by atoms with Gasteiger partial charge in [0, 0.05) is 57.2 Å². The van der Waals surface area contributed by atoms with E-state index in [1.807, 2.05) is 38.9 Å². The number of nitrogens with zero attached hydrogens (tertiary/aromatic N) is 4. The van der Waals surface area contributed by atoms with Gasteiger partial charge in [0.15, 0.2) is 11.5 Å². The fourth-order valence-electron chi connectivity index (χ4n) is 3.91.